The third-order valence-electron chi connectivity index (χ3n) is 3.35. The van der Waals surface area contributed by atoms with Crippen LogP contribution < -0.4 is 15.8 Å². The van der Waals surface area contributed by atoms with Gasteiger partial charge in [0.15, 0.2) is 5.75 Å². The first-order chi connectivity index (χ1) is 8.72. The zero-order valence-corrected chi connectivity index (χ0v) is 10.7. The SMILES string of the molecule is CCOc1c(N)cccc1C(=O)NCC1CCC1. The average Bonchev–Trinajstić information content (AvgIpc) is 2.29. The fraction of sp³-hybridized carbons (Fsp3) is 0.500. The quantitative estimate of drug-likeness (QED) is 0.785. The van der Waals surface area contributed by atoms with E-state index in [-0.39, 0.29) is 5.91 Å². The lowest BCUT2D eigenvalue weighted by molar-refractivity contribution is 0.0935. The third-order valence-corrected chi connectivity index (χ3v) is 3.35. The number of para-hydroxylation sites is 1. The number of nitrogen functional groups attached to an aromatic ring is 1. The molecule has 4 heteroatoms. The first-order valence-corrected chi connectivity index (χ1v) is 6.52. The van der Waals surface area contributed by atoms with Gasteiger partial charge in [-0.1, -0.05) is 12.5 Å². The maximum absolute atomic E-state index is 12.1. The van der Waals surface area contributed by atoms with E-state index in [0.717, 1.165) is 6.54 Å². The van der Waals surface area contributed by atoms with Crippen LogP contribution in [0, 0.1) is 5.92 Å². The second-order valence-corrected chi connectivity index (χ2v) is 4.66. The van der Waals surface area contributed by atoms with Crippen molar-refractivity contribution in [2.24, 2.45) is 5.92 Å². The van der Waals surface area contributed by atoms with Crippen LogP contribution in [0.3, 0.4) is 0 Å². The van der Waals surface area contributed by atoms with Gasteiger partial charge in [-0.15, -0.1) is 0 Å². The molecule has 1 amide bonds. The molecule has 4 nitrogen and oxygen atoms in total. The highest BCUT2D eigenvalue weighted by atomic mass is 16.5. The van der Waals surface area contributed by atoms with Gasteiger partial charge in [0.25, 0.3) is 5.91 Å². The molecule has 0 bridgehead atoms. The van der Waals surface area contributed by atoms with Crippen molar-refractivity contribution in [1.29, 1.82) is 0 Å². The van der Waals surface area contributed by atoms with E-state index in [2.05, 4.69) is 5.32 Å². The smallest absolute Gasteiger partial charge is 0.255 e. The lowest BCUT2D eigenvalue weighted by Gasteiger charge is -2.25. The Morgan fingerprint density at radius 1 is 1.50 bits per heavy atom. The fourth-order valence-corrected chi connectivity index (χ4v) is 2.07. The number of hydrogen-bond donors (Lipinski definition) is 2. The van der Waals surface area contributed by atoms with E-state index >= 15 is 0 Å². The third kappa shape index (κ3) is 2.75. The highest BCUT2D eigenvalue weighted by molar-refractivity contribution is 5.98. The number of ether oxygens (including phenoxy) is 1. The molecule has 1 aliphatic rings. The van der Waals surface area contributed by atoms with E-state index in [9.17, 15) is 4.79 Å². The van der Waals surface area contributed by atoms with Gasteiger partial charge in [0.2, 0.25) is 0 Å². The van der Waals surface area contributed by atoms with Crippen LogP contribution >= 0.6 is 0 Å². The molecule has 18 heavy (non-hydrogen) atoms. The van der Waals surface area contributed by atoms with E-state index < -0.39 is 0 Å². The normalized spacial score (nSPS) is 14.9. The molecule has 1 fully saturated rings. The van der Waals surface area contributed by atoms with Gasteiger partial charge in [-0.05, 0) is 37.8 Å². The van der Waals surface area contributed by atoms with Crippen LogP contribution in [0.25, 0.3) is 0 Å². The van der Waals surface area contributed by atoms with Crippen molar-refractivity contribution in [3.63, 3.8) is 0 Å². The minimum absolute atomic E-state index is 0.0994. The zero-order valence-electron chi connectivity index (χ0n) is 10.7. The number of amides is 1. The number of anilines is 1. The van der Waals surface area contributed by atoms with E-state index in [0.29, 0.717) is 29.5 Å². The number of benzene rings is 1. The number of nitrogens with two attached hydrogens (primary N) is 1. The van der Waals surface area contributed by atoms with Gasteiger partial charge in [0, 0.05) is 6.54 Å². The maximum Gasteiger partial charge on any atom is 0.255 e. The van der Waals surface area contributed by atoms with E-state index in [1.54, 1.807) is 18.2 Å². The number of carbonyl (C=O) groups is 1. The summed E-state index contributed by atoms with van der Waals surface area (Å²) in [6.45, 7) is 3.12. The Labute approximate surface area is 108 Å². The molecule has 1 saturated carbocycles. The number of nitrogens with one attached hydrogen (secondary N) is 1. The first-order valence-electron chi connectivity index (χ1n) is 6.52. The van der Waals surface area contributed by atoms with Crippen molar-refractivity contribution in [2.45, 2.75) is 26.2 Å². The number of rotatable bonds is 5. The topological polar surface area (TPSA) is 64.3 Å². The van der Waals surface area contributed by atoms with Crippen molar-refractivity contribution in [3.05, 3.63) is 23.8 Å². The highest BCUT2D eigenvalue weighted by Gasteiger charge is 2.20. The molecule has 1 aromatic rings. The van der Waals surface area contributed by atoms with Crippen LogP contribution in [-0.2, 0) is 0 Å². The molecule has 0 atom stereocenters. The summed E-state index contributed by atoms with van der Waals surface area (Å²) in [5.74, 6) is 1.04. The lowest BCUT2D eigenvalue weighted by Crippen LogP contribution is -2.32. The molecule has 1 aliphatic carbocycles. The Balaban J connectivity index is 2.05. The Morgan fingerprint density at radius 2 is 2.28 bits per heavy atom. The van der Waals surface area contributed by atoms with Crippen molar-refractivity contribution in [2.75, 3.05) is 18.9 Å². The van der Waals surface area contributed by atoms with E-state index in [4.69, 9.17) is 10.5 Å². The van der Waals surface area contributed by atoms with Crippen LogP contribution in [0.2, 0.25) is 0 Å². The summed E-state index contributed by atoms with van der Waals surface area (Å²) in [6.07, 6.45) is 3.72. The monoisotopic (exact) mass is 248 g/mol. The van der Waals surface area contributed by atoms with Gasteiger partial charge in [-0.3, -0.25) is 4.79 Å². The average molecular weight is 248 g/mol. The zero-order chi connectivity index (χ0) is 13.0. The van der Waals surface area contributed by atoms with Gasteiger partial charge in [0.1, 0.15) is 0 Å². The van der Waals surface area contributed by atoms with Crippen LogP contribution in [0.1, 0.15) is 36.5 Å². The van der Waals surface area contributed by atoms with Gasteiger partial charge in [-0.2, -0.15) is 0 Å². The molecule has 3 N–H and O–H groups in total. The standard InChI is InChI=1S/C14H20N2O2/c1-2-18-13-11(7-4-8-12(13)15)14(17)16-9-10-5-3-6-10/h4,7-8,10H,2-3,5-6,9,15H2,1H3,(H,16,17). The van der Waals surface area contributed by atoms with Crippen LogP contribution in [0.15, 0.2) is 18.2 Å². The van der Waals surface area contributed by atoms with Crippen molar-refractivity contribution >= 4 is 11.6 Å². The minimum atomic E-state index is -0.0994. The number of hydrogen-bond acceptors (Lipinski definition) is 3. The largest absolute Gasteiger partial charge is 0.491 e. The number of carbonyl (C=O) groups excluding carboxylic acids is 1. The molecule has 0 spiro atoms. The highest BCUT2D eigenvalue weighted by Crippen LogP contribution is 2.27. The van der Waals surface area contributed by atoms with Gasteiger partial charge < -0.3 is 15.8 Å². The van der Waals surface area contributed by atoms with Gasteiger partial charge in [-0.25, -0.2) is 0 Å². The van der Waals surface area contributed by atoms with E-state index in [1.165, 1.54) is 19.3 Å². The fourth-order valence-electron chi connectivity index (χ4n) is 2.07. The maximum atomic E-state index is 12.1. The second kappa shape index (κ2) is 5.76. The van der Waals surface area contributed by atoms with Crippen molar-refractivity contribution in [1.82, 2.24) is 5.32 Å². The Kier molecular flexibility index (Phi) is 4.07. The van der Waals surface area contributed by atoms with Gasteiger partial charge in [0.05, 0.1) is 17.9 Å². The second-order valence-electron chi connectivity index (χ2n) is 4.66. The van der Waals surface area contributed by atoms with E-state index in [1.807, 2.05) is 6.92 Å². The predicted molar refractivity (Wildman–Crippen MR) is 71.7 cm³/mol. The Morgan fingerprint density at radius 3 is 2.89 bits per heavy atom. The lowest BCUT2D eigenvalue weighted by atomic mass is 9.85. The van der Waals surface area contributed by atoms with Gasteiger partial charge >= 0.3 is 0 Å². The predicted octanol–water partition coefficient (Wildman–Crippen LogP) is 2.20. The molecule has 0 aliphatic heterocycles. The Hall–Kier alpha value is -1.71. The molecular formula is C14H20N2O2. The van der Waals surface area contributed by atoms with Crippen LogP contribution in [0.4, 0.5) is 5.69 Å². The Bertz CT molecular complexity index is 428. The molecule has 0 heterocycles. The summed E-state index contributed by atoms with van der Waals surface area (Å²) in [6, 6.07) is 5.27. The summed E-state index contributed by atoms with van der Waals surface area (Å²) >= 11 is 0. The molecule has 0 radical (unpaired) electrons. The van der Waals surface area contributed by atoms with Crippen molar-refractivity contribution in [3.8, 4) is 5.75 Å². The summed E-state index contributed by atoms with van der Waals surface area (Å²) in [5.41, 5.74) is 6.87. The first kappa shape index (κ1) is 12.7. The molecular weight excluding hydrogens is 228 g/mol. The summed E-state index contributed by atoms with van der Waals surface area (Å²) in [4.78, 5) is 12.1. The molecule has 0 saturated heterocycles. The minimum Gasteiger partial charge on any atom is -0.491 e. The van der Waals surface area contributed by atoms with Crippen LogP contribution in [0.5, 0.6) is 5.75 Å². The van der Waals surface area contributed by atoms with Crippen molar-refractivity contribution < 1.29 is 9.53 Å². The molecule has 98 valence electrons. The molecule has 0 unspecified atom stereocenters. The molecule has 2 rings (SSSR count). The molecule has 0 aromatic heterocycles. The summed E-state index contributed by atoms with van der Waals surface area (Å²) in [5, 5.41) is 2.95. The van der Waals surface area contributed by atoms with Crippen LogP contribution in [-0.4, -0.2) is 19.1 Å². The molecule has 1 aromatic carbocycles. The summed E-state index contributed by atoms with van der Waals surface area (Å²) in [7, 11) is 0. The summed E-state index contributed by atoms with van der Waals surface area (Å²) < 4.78 is 5.45.